The van der Waals surface area contributed by atoms with E-state index in [9.17, 15) is 4.79 Å². The molecule has 0 bridgehead atoms. The van der Waals surface area contributed by atoms with Crippen LogP contribution in [0.4, 0.5) is 11.8 Å². The number of carbonyl (C=O) groups is 1. The lowest BCUT2D eigenvalue weighted by Crippen LogP contribution is -2.45. The van der Waals surface area contributed by atoms with Crippen LogP contribution in [-0.2, 0) is 9.53 Å². The Hall–Kier alpha value is -2.77. The Balaban J connectivity index is 1.28. The van der Waals surface area contributed by atoms with Gasteiger partial charge in [-0.25, -0.2) is 14.8 Å². The number of aromatic nitrogens is 4. The maximum absolute atomic E-state index is 13.3. The van der Waals surface area contributed by atoms with E-state index in [1.807, 2.05) is 25.1 Å². The predicted octanol–water partition coefficient (Wildman–Crippen LogP) is 2.92. The van der Waals surface area contributed by atoms with E-state index in [1.54, 1.807) is 12.4 Å². The van der Waals surface area contributed by atoms with Gasteiger partial charge in [0.25, 0.3) is 0 Å². The van der Waals surface area contributed by atoms with E-state index < -0.39 is 0 Å². The number of rotatable bonds is 5. The topological polar surface area (TPSA) is 84.3 Å². The van der Waals surface area contributed by atoms with Crippen molar-refractivity contribution < 1.29 is 9.53 Å². The smallest absolute Gasteiger partial charge is 0.328 e. The van der Waals surface area contributed by atoms with Gasteiger partial charge in [0.05, 0.1) is 11.7 Å². The molecule has 0 spiro atoms. The molecule has 0 radical (unpaired) electrons. The summed E-state index contributed by atoms with van der Waals surface area (Å²) in [5, 5.41) is 8.51. The van der Waals surface area contributed by atoms with Gasteiger partial charge in [-0.15, -0.1) is 5.10 Å². The molecule has 0 amide bonds. The average molecular weight is 423 g/mol. The van der Waals surface area contributed by atoms with Crippen LogP contribution in [0.25, 0.3) is 0 Å². The van der Waals surface area contributed by atoms with Crippen LogP contribution in [-0.4, -0.2) is 57.4 Å². The summed E-state index contributed by atoms with van der Waals surface area (Å²) in [6.07, 6.45) is 11.1. The molecule has 2 aromatic rings. The highest BCUT2D eigenvalue weighted by Crippen LogP contribution is 2.41. The van der Waals surface area contributed by atoms with Gasteiger partial charge in [-0.05, 0) is 63.1 Å². The molecule has 31 heavy (non-hydrogen) atoms. The van der Waals surface area contributed by atoms with Gasteiger partial charge in [0, 0.05) is 25.0 Å². The number of nitrogens with zero attached hydrogens (tertiary/aromatic N) is 6. The second-order valence-corrected chi connectivity index (χ2v) is 8.97. The molecule has 3 aliphatic rings. The fourth-order valence-corrected chi connectivity index (χ4v) is 5.51. The minimum absolute atomic E-state index is 0.145. The summed E-state index contributed by atoms with van der Waals surface area (Å²) in [5.74, 6) is 1.87. The predicted molar refractivity (Wildman–Crippen MR) is 117 cm³/mol. The second kappa shape index (κ2) is 8.77. The molecular formula is C23H30N6O2. The van der Waals surface area contributed by atoms with E-state index in [1.165, 1.54) is 19.3 Å². The van der Waals surface area contributed by atoms with E-state index in [0.29, 0.717) is 24.5 Å². The highest BCUT2D eigenvalue weighted by atomic mass is 16.5. The van der Waals surface area contributed by atoms with Crippen molar-refractivity contribution in [2.75, 3.05) is 23.0 Å². The van der Waals surface area contributed by atoms with Crippen LogP contribution in [0.3, 0.4) is 0 Å². The molecular weight excluding hydrogens is 392 g/mol. The molecule has 2 aliphatic heterocycles. The minimum atomic E-state index is -0.301. The van der Waals surface area contributed by atoms with Crippen molar-refractivity contribution in [3.63, 3.8) is 0 Å². The third kappa shape index (κ3) is 4.07. The van der Waals surface area contributed by atoms with E-state index in [0.717, 1.165) is 43.7 Å². The molecule has 5 rings (SSSR count). The first-order valence-electron chi connectivity index (χ1n) is 11.5. The third-order valence-electron chi connectivity index (χ3n) is 7.02. The van der Waals surface area contributed by atoms with E-state index >= 15 is 0 Å². The summed E-state index contributed by atoms with van der Waals surface area (Å²) in [4.78, 5) is 26.5. The van der Waals surface area contributed by atoms with Crippen LogP contribution >= 0.6 is 0 Å². The summed E-state index contributed by atoms with van der Waals surface area (Å²) in [6, 6.07) is 5.96. The third-order valence-corrected chi connectivity index (χ3v) is 7.02. The van der Waals surface area contributed by atoms with Gasteiger partial charge in [0.15, 0.2) is 5.82 Å². The van der Waals surface area contributed by atoms with E-state index in [2.05, 4.69) is 30.0 Å². The van der Waals surface area contributed by atoms with Gasteiger partial charge in [-0.2, -0.15) is 5.10 Å². The molecule has 8 heteroatoms. The maximum Gasteiger partial charge on any atom is 0.328 e. The molecule has 2 aromatic heterocycles. The number of aryl methyl sites for hydroxylation is 1. The van der Waals surface area contributed by atoms with Gasteiger partial charge in [-0.1, -0.05) is 12.8 Å². The molecule has 4 heterocycles. The summed E-state index contributed by atoms with van der Waals surface area (Å²) in [7, 11) is 0. The Morgan fingerprint density at radius 3 is 2.74 bits per heavy atom. The lowest BCUT2D eigenvalue weighted by molar-refractivity contribution is -0.145. The SMILES string of the molecule is Cc1ccc(N2CCC[C@@H]2COC(=O)[C@@H]2C[C@@H]3CCCC[C@H]3N2c2ncccn2)nn1. The molecule has 1 saturated carbocycles. The zero-order valence-corrected chi connectivity index (χ0v) is 18.1. The largest absolute Gasteiger partial charge is 0.462 e. The Kier molecular flexibility index (Phi) is 5.70. The Labute approximate surface area is 183 Å². The lowest BCUT2D eigenvalue weighted by atomic mass is 9.85. The van der Waals surface area contributed by atoms with Crippen molar-refractivity contribution in [3.05, 3.63) is 36.3 Å². The van der Waals surface area contributed by atoms with Crippen molar-refractivity contribution in [2.24, 2.45) is 5.92 Å². The molecule has 2 saturated heterocycles. The number of anilines is 2. The Morgan fingerprint density at radius 2 is 1.94 bits per heavy atom. The fraction of sp³-hybridized carbons (Fsp3) is 0.609. The number of carbonyl (C=O) groups excluding carboxylic acids is 1. The molecule has 164 valence electrons. The monoisotopic (exact) mass is 422 g/mol. The molecule has 0 N–H and O–H groups in total. The van der Waals surface area contributed by atoms with Gasteiger partial charge in [0.1, 0.15) is 12.6 Å². The van der Waals surface area contributed by atoms with Gasteiger partial charge >= 0.3 is 5.97 Å². The first kappa shape index (κ1) is 20.2. The molecule has 3 fully saturated rings. The molecule has 0 unspecified atom stereocenters. The summed E-state index contributed by atoms with van der Waals surface area (Å²) >= 11 is 0. The van der Waals surface area contributed by atoms with Crippen LogP contribution < -0.4 is 9.80 Å². The molecule has 4 atom stereocenters. The number of esters is 1. The van der Waals surface area contributed by atoms with Crippen LogP contribution in [0, 0.1) is 12.8 Å². The molecule has 0 aromatic carbocycles. The van der Waals surface area contributed by atoms with Crippen LogP contribution in [0.1, 0.15) is 50.6 Å². The Morgan fingerprint density at radius 1 is 1.10 bits per heavy atom. The molecule has 1 aliphatic carbocycles. The van der Waals surface area contributed by atoms with Crippen molar-refractivity contribution in [1.82, 2.24) is 20.2 Å². The zero-order valence-electron chi connectivity index (χ0n) is 18.1. The van der Waals surface area contributed by atoms with Crippen molar-refractivity contribution in [2.45, 2.75) is 70.0 Å². The van der Waals surface area contributed by atoms with Gasteiger partial charge in [0.2, 0.25) is 5.95 Å². The van der Waals surface area contributed by atoms with E-state index in [-0.39, 0.29) is 18.1 Å². The Bertz CT molecular complexity index is 893. The van der Waals surface area contributed by atoms with E-state index in [4.69, 9.17) is 4.74 Å². The first-order chi connectivity index (χ1) is 15.2. The molecule has 8 nitrogen and oxygen atoms in total. The van der Waals surface area contributed by atoms with Crippen LogP contribution in [0.5, 0.6) is 0 Å². The fourth-order valence-electron chi connectivity index (χ4n) is 5.51. The maximum atomic E-state index is 13.3. The van der Waals surface area contributed by atoms with Crippen molar-refractivity contribution in [1.29, 1.82) is 0 Å². The summed E-state index contributed by atoms with van der Waals surface area (Å²) < 4.78 is 5.92. The summed E-state index contributed by atoms with van der Waals surface area (Å²) in [6.45, 7) is 3.22. The van der Waals surface area contributed by atoms with Crippen LogP contribution in [0.2, 0.25) is 0 Å². The first-order valence-corrected chi connectivity index (χ1v) is 11.5. The zero-order chi connectivity index (χ0) is 21.2. The number of ether oxygens (including phenoxy) is 1. The number of hydrogen-bond donors (Lipinski definition) is 0. The number of fused-ring (bicyclic) bond motifs is 1. The summed E-state index contributed by atoms with van der Waals surface area (Å²) in [5.41, 5.74) is 0.900. The van der Waals surface area contributed by atoms with Crippen molar-refractivity contribution >= 4 is 17.7 Å². The average Bonchev–Trinajstić information content (AvgIpc) is 3.43. The van der Waals surface area contributed by atoms with Gasteiger partial charge < -0.3 is 14.5 Å². The highest BCUT2D eigenvalue weighted by Gasteiger charge is 2.47. The highest BCUT2D eigenvalue weighted by molar-refractivity contribution is 5.80. The quantitative estimate of drug-likeness (QED) is 0.680. The lowest BCUT2D eigenvalue weighted by Gasteiger charge is -2.33. The second-order valence-electron chi connectivity index (χ2n) is 8.97. The standard InChI is InChI=1S/C23H30N6O2/c1-16-9-10-21(27-26-16)28-13-4-7-18(28)15-31-22(30)20-14-17-6-2-3-8-19(17)29(20)23-24-11-5-12-25-23/h5,9-12,17-20H,2-4,6-8,13-15H2,1H3/t17-,18+,19+,20-/m0/s1. The normalized spacial score (nSPS) is 27.9. The van der Waals surface area contributed by atoms with Crippen LogP contribution in [0.15, 0.2) is 30.6 Å². The van der Waals surface area contributed by atoms with Gasteiger partial charge in [-0.3, -0.25) is 0 Å². The number of hydrogen-bond acceptors (Lipinski definition) is 8. The van der Waals surface area contributed by atoms with Crippen molar-refractivity contribution in [3.8, 4) is 0 Å². The minimum Gasteiger partial charge on any atom is -0.462 e.